The largest absolute Gasteiger partial charge is 0.379 e. The molecule has 0 aliphatic heterocycles. The van der Waals surface area contributed by atoms with Crippen LogP contribution in [0.1, 0.15) is 5.56 Å². The van der Waals surface area contributed by atoms with Crippen molar-refractivity contribution in [1.82, 2.24) is 4.98 Å². The van der Waals surface area contributed by atoms with Crippen LogP contribution in [-0.4, -0.2) is 4.98 Å². The zero-order valence-electron chi connectivity index (χ0n) is 10.3. The summed E-state index contributed by atoms with van der Waals surface area (Å²) < 4.78 is 13.5. The molecule has 0 bridgehead atoms. The van der Waals surface area contributed by atoms with Gasteiger partial charge in [-0.2, -0.15) is 0 Å². The molecule has 2 aromatic carbocycles. The number of hydrogen-bond donors (Lipinski definition) is 1. The van der Waals surface area contributed by atoms with Gasteiger partial charge in [-0.05, 0) is 23.8 Å². The van der Waals surface area contributed by atoms with Crippen molar-refractivity contribution >= 4 is 16.6 Å². The first-order valence-electron chi connectivity index (χ1n) is 6.15. The Bertz CT molecular complexity index is 704. The molecule has 0 saturated heterocycles. The van der Waals surface area contributed by atoms with Crippen molar-refractivity contribution in [1.29, 1.82) is 0 Å². The fourth-order valence-electron chi connectivity index (χ4n) is 2.11. The fraction of sp³-hybridized carbons (Fsp3) is 0.0625. The van der Waals surface area contributed by atoms with Crippen molar-refractivity contribution in [3.63, 3.8) is 0 Å². The van der Waals surface area contributed by atoms with Gasteiger partial charge in [0.05, 0.1) is 11.2 Å². The van der Waals surface area contributed by atoms with Gasteiger partial charge in [0, 0.05) is 18.1 Å². The van der Waals surface area contributed by atoms with Gasteiger partial charge in [-0.3, -0.25) is 4.98 Å². The van der Waals surface area contributed by atoms with E-state index in [4.69, 9.17) is 0 Å². The molecular weight excluding hydrogens is 239 g/mol. The van der Waals surface area contributed by atoms with Gasteiger partial charge in [0.15, 0.2) is 0 Å². The molecule has 0 amide bonds. The maximum absolute atomic E-state index is 13.5. The minimum atomic E-state index is -0.240. The van der Waals surface area contributed by atoms with Gasteiger partial charge >= 0.3 is 0 Å². The summed E-state index contributed by atoms with van der Waals surface area (Å²) in [5, 5.41) is 4.20. The second-order valence-electron chi connectivity index (χ2n) is 4.33. The Labute approximate surface area is 110 Å². The highest BCUT2D eigenvalue weighted by Gasteiger charge is 2.03. The van der Waals surface area contributed by atoms with Crippen LogP contribution in [0.5, 0.6) is 0 Å². The molecule has 0 spiro atoms. The minimum absolute atomic E-state index is 0.240. The quantitative estimate of drug-likeness (QED) is 0.762. The predicted molar refractivity (Wildman–Crippen MR) is 75.5 cm³/mol. The van der Waals surface area contributed by atoms with Crippen LogP contribution in [0.25, 0.3) is 10.9 Å². The van der Waals surface area contributed by atoms with E-state index < -0.39 is 0 Å². The van der Waals surface area contributed by atoms with Gasteiger partial charge < -0.3 is 5.32 Å². The minimum Gasteiger partial charge on any atom is -0.379 e. The number of rotatable bonds is 3. The van der Waals surface area contributed by atoms with E-state index in [0.717, 1.165) is 16.5 Å². The molecule has 1 N–H and O–H groups in total. The van der Waals surface area contributed by atoms with Crippen LogP contribution < -0.4 is 5.32 Å². The SMILES string of the molecule is Fc1ccccc1NCc1cccc2cccnc12. The van der Waals surface area contributed by atoms with Crippen LogP contribution in [0.15, 0.2) is 60.8 Å². The van der Waals surface area contributed by atoms with E-state index in [0.29, 0.717) is 12.2 Å². The van der Waals surface area contributed by atoms with Crippen LogP contribution in [0.3, 0.4) is 0 Å². The van der Waals surface area contributed by atoms with E-state index in [-0.39, 0.29) is 5.82 Å². The highest BCUT2D eigenvalue weighted by Crippen LogP contribution is 2.18. The molecule has 0 fully saturated rings. The third-order valence-electron chi connectivity index (χ3n) is 3.06. The maximum Gasteiger partial charge on any atom is 0.146 e. The van der Waals surface area contributed by atoms with Crippen LogP contribution in [0.4, 0.5) is 10.1 Å². The van der Waals surface area contributed by atoms with E-state index in [1.165, 1.54) is 6.07 Å². The average Bonchev–Trinajstić information content (AvgIpc) is 2.46. The first-order chi connectivity index (χ1) is 9.34. The number of hydrogen-bond acceptors (Lipinski definition) is 2. The maximum atomic E-state index is 13.5. The number of aromatic nitrogens is 1. The zero-order chi connectivity index (χ0) is 13.1. The van der Waals surface area contributed by atoms with Gasteiger partial charge in [0.2, 0.25) is 0 Å². The summed E-state index contributed by atoms with van der Waals surface area (Å²) in [6, 6.07) is 16.6. The van der Waals surface area contributed by atoms with E-state index in [1.54, 1.807) is 18.3 Å². The number of nitrogens with zero attached hydrogens (tertiary/aromatic N) is 1. The number of fused-ring (bicyclic) bond motifs is 1. The van der Waals surface area contributed by atoms with Gasteiger partial charge in [0.1, 0.15) is 5.82 Å². The highest BCUT2D eigenvalue weighted by atomic mass is 19.1. The summed E-state index contributed by atoms with van der Waals surface area (Å²) in [5.41, 5.74) is 2.52. The number of benzene rings is 2. The molecule has 1 aromatic heterocycles. The summed E-state index contributed by atoms with van der Waals surface area (Å²) >= 11 is 0. The van der Waals surface area contributed by atoms with Gasteiger partial charge in [-0.1, -0.05) is 36.4 Å². The molecule has 3 heteroatoms. The van der Waals surface area contributed by atoms with Crippen LogP contribution in [0.2, 0.25) is 0 Å². The number of pyridine rings is 1. The predicted octanol–water partition coefficient (Wildman–Crippen LogP) is 3.99. The Morgan fingerprint density at radius 3 is 2.68 bits per heavy atom. The first-order valence-corrected chi connectivity index (χ1v) is 6.15. The van der Waals surface area contributed by atoms with E-state index in [9.17, 15) is 4.39 Å². The van der Waals surface area contributed by atoms with Crippen molar-refractivity contribution in [2.75, 3.05) is 5.32 Å². The molecule has 1 heterocycles. The Hall–Kier alpha value is -2.42. The molecule has 3 rings (SSSR count). The topological polar surface area (TPSA) is 24.9 Å². The van der Waals surface area contributed by atoms with Crippen LogP contribution in [-0.2, 0) is 6.54 Å². The average molecular weight is 252 g/mol. The Kier molecular flexibility index (Phi) is 3.11. The van der Waals surface area contributed by atoms with Crippen molar-refractivity contribution in [3.05, 3.63) is 72.2 Å². The van der Waals surface area contributed by atoms with Crippen molar-refractivity contribution in [3.8, 4) is 0 Å². The van der Waals surface area contributed by atoms with Crippen molar-refractivity contribution in [2.45, 2.75) is 6.54 Å². The lowest BCUT2D eigenvalue weighted by Gasteiger charge is -2.09. The third kappa shape index (κ3) is 2.40. The lowest BCUT2D eigenvalue weighted by Crippen LogP contribution is -2.02. The Morgan fingerprint density at radius 1 is 0.947 bits per heavy atom. The normalized spacial score (nSPS) is 10.6. The number of halogens is 1. The van der Waals surface area contributed by atoms with Crippen molar-refractivity contribution < 1.29 is 4.39 Å². The molecule has 0 atom stereocenters. The number of anilines is 1. The van der Waals surface area contributed by atoms with Crippen LogP contribution in [0, 0.1) is 5.82 Å². The molecule has 0 unspecified atom stereocenters. The molecule has 0 saturated carbocycles. The Balaban J connectivity index is 1.88. The lowest BCUT2D eigenvalue weighted by atomic mass is 10.1. The third-order valence-corrected chi connectivity index (χ3v) is 3.06. The zero-order valence-corrected chi connectivity index (χ0v) is 10.3. The van der Waals surface area contributed by atoms with E-state index in [2.05, 4.69) is 10.3 Å². The molecule has 0 aliphatic rings. The smallest absolute Gasteiger partial charge is 0.146 e. The highest BCUT2D eigenvalue weighted by molar-refractivity contribution is 5.81. The molecule has 3 aromatic rings. The summed E-state index contributed by atoms with van der Waals surface area (Å²) in [5.74, 6) is -0.240. The molecule has 19 heavy (non-hydrogen) atoms. The lowest BCUT2D eigenvalue weighted by molar-refractivity contribution is 0.630. The molecule has 0 radical (unpaired) electrons. The summed E-state index contributed by atoms with van der Waals surface area (Å²) in [4.78, 5) is 4.38. The van der Waals surface area contributed by atoms with Gasteiger partial charge in [-0.15, -0.1) is 0 Å². The summed E-state index contributed by atoms with van der Waals surface area (Å²) in [6.45, 7) is 0.551. The Morgan fingerprint density at radius 2 is 1.79 bits per heavy atom. The molecule has 0 aliphatic carbocycles. The van der Waals surface area contributed by atoms with Crippen molar-refractivity contribution in [2.24, 2.45) is 0 Å². The summed E-state index contributed by atoms with van der Waals surface area (Å²) in [7, 11) is 0. The van der Waals surface area contributed by atoms with Crippen LogP contribution >= 0.6 is 0 Å². The summed E-state index contributed by atoms with van der Waals surface area (Å²) in [6.07, 6.45) is 1.77. The fourth-order valence-corrected chi connectivity index (χ4v) is 2.11. The first kappa shape index (κ1) is 11.7. The molecule has 94 valence electrons. The number of nitrogens with one attached hydrogen (secondary N) is 1. The number of para-hydroxylation sites is 2. The molecular formula is C16H13FN2. The van der Waals surface area contributed by atoms with E-state index in [1.807, 2.05) is 36.4 Å². The standard InChI is InChI=1S/C16H13FN2/c17-14-8-1-2-9-15(14)19-11-13-6-3-5-12-7-4-10-18-16(12)13/h1-10,19H,11H2. The van der Waals surface area contributed by atoms with E-state index >= 15 is 0 Å². The second kappa shape index (κ2) is 5.06. The van der Waals surface area contributed by atoms with Gasteiger partial charge in [0.25, 0.3) is 0 Å². The molecule has 2 nitrogen and oxygen atoms in total. The van der Waals surface area contributed by atoms with Gasteiger partial charge in [-0.25, -0.2) is 4.39 Å². The second-order valence-corrected chi connectivity index (χ2v) is 4.33. The monoisotopic (exact) mass is 252 g/mol.